The normalized spacial score (nSPS) is 12.8. The van der Waals surface area contributed by atoms with E-state index < -0.39 is 5.97 Å². The molecule has 3 heteroatoms. The zero-order valence-corrected chi connectivity index (χ0v) is 24.8. The molecular formula is C33H56O3. The predicted molar refractivity (Wildman–Crippen MR) is 158 cm³/mol. The first kappa shape index (κ1) is 36.0. The third kappa shape index (κ3) is 16.5. The summed E-state index contributed by atoms with van der Waals surface area (Å²) < 4.78 is 0. The number of hydrogen-bond acceptors (Lipinski definition) is 2. The van der Waals surface area contributed by atoms with Crippen LogP contribution in [0.2, 0.25) is 0 Å². The summed E-state index contributed by atoms with van der Waals surface area (Å²) in [7, 11) is 0. The third-order valence-corrected chi connectivity index (χ3v) is 6.95. The summed E-state index contributed by atoms with van der Waals surface area (Å²) in [4.78, 5) is 23.6. The van der Waals surface area contributed by atoms with Crippen molar-refractivity contribution in [3.05, 3.63) is 60.2 Å². The number of ketones is 1. The van der Waals surface area contributed by atoms with Crippen molar-refractivity contribution in [2.24, 2.45) is 5.41 Å². The minimum atomic E-state index is -0.759. The lowest BCUT2D eigenvalue weighted by Crippen LogP contribution is -2.25. The van der Waals surface area contributed by atoms with E-state index in [1.165, 1.54) is 18.4 Å². The Kier molecular flexibility index (Phi) is 21.0. The quantitative estimate of drug-likeness (QED) is 0.181. The number of carbonyl (C=O) groups is 2. The Morgan fingerprint density at radius 2 is 1.33 bits per heavy atom. The summed E-state index contributed by atoms with van der Waals surface area (Å²) in [5.41, 5.74) is 2.43. The molecule has 0 radical (unpaired) electrons. The largest absolute Gasteiger partial charge is 0.481 e. The van der Waals surface area contributed by atoms with Crippen molar-refractivity contribution in [1.82, 2.24) is 0 Å². The van der Waals surface area contributed by atoms with E-state index in [4.69, 9.17) is 0 Å². The highest BCUT2D eigenvalue weighted by Gasteiger charge is 2.29. The summed E-state index contributed by atoms with van der Waals surface area (Å²) in [6, 6.07) is 9.94. The van der Waals surface area contributed by atoms with Crippen molar-refractivity contribution in [3.8, 4) is 0 Å². The average molecular weight is 501 g/mol. The second-order valence-electron chi connectivity index (χ2n) is 10.4. The zero-order chi connectivity index (χ0) is 28.0. The highest BCUT2D eigenvalue weighted by molar-refractivity contribution is 5.78. The first-order chi connectivity index (χ1) is 17.0. The van der Waals surface area contributed by atoms with Gasteiger partial charge in [-0.2, -0.15) is 0 Å². The lowest BCUT2D eigenvalue weighted by molar-refractivity contribution is -0.138. The molecule has 0 spiro atoms. The van der Waals surface area contributed by atoms with E-state index in [1.807, 2.05) is 58.0 Å². The molecule has 1 aromatic carbocycles. The van der Waals surface area contributed by atoms with Gasteiger partial charge >= 0.3 is 5.97 Å². The molecular weight excluding hydrogens is 444 g/mol. The minimum absolute atomic E-state index is 0.139. The second-order valence-corrected chi connectivity index (χ2v) is 10.4. The summed E-state index contributed by atoms with van der Waals surface area (Å²) in [6.45, 7) is 20.2. The Balaban J connectivity index is 0. The minimum Gasteiger partial charge on any atom is -0.481 e. The monoisotopic (exact) mass is 500 g/mol. The van der Waals surface area contributed by atoms with Crippen LogP contribution in [0.5, 0.6) is 0 Å². The van der Waals surface area contributed by atoms with Gasteiger partial charge in [-0.05, 0) is 57.4 Å². The van der Waals surface area contributed by atoms with Crippen LogP contribution in [0, 0.1) is 5.41 Å². The molecule has 0 saturated carbocycles. The molecule has 0 heterocycles. The fourth-order valence-electron chi connectivity index (χ4n) is 4.30. The highest BCUT2D eigenvalue weighted by atomic mass is 16.4. The number of allylic oxidation sites excluding steroid dienone is 3. The standard InChI is InChI=1S/C28H44O3.C3H6.C2H6/c1-6-23(2)27(3,4)20-14-8-12-18-25(29)19-13-9-15-21-28(5,22-26(30)31)24-16-10-7-11-17-24;1-3-2;1-2/h6-7,10-11,16-17H,8-9,12-15,18-22H2,1-5H3,(H,30,31);3H,1H2,2H3;1-2H3/b23-6+;;. The van der Waals surface area contributed by atoms with Gasteiger partial charge in [-0.25, -0.2) is 0 Å². The summed E-state index contributed by atoms with van der Waals surface area (Å²) >= 11 is 0. The van der Waals surface area contributed by atoms with Crippen molar-refractivity contribution in [1.29, 1.82) is 0 Å². The third-order valence-electron chi connectivity index (χ3n) is 6.95. The number of carboxylic acid groups (broad SMARTS) is 1. The summed E-state index contributed by atoms with van der Waals surface area (Å²) in [5.74, 6) is -0.383. The summed E-state index contributed by atoms with van der Waals surface area (Å²) in [5, 5.41) is 9.34. The van der Waals surface area contributed by atoms with E-state index >= 15 is 0 Å². The number of Topliss-reactive ketones (excluding diaryl/α,β-unsaturated/α-hetero) is 1. The fourth-order valence-corrected chi connectivity index (χ4v) is 4.30. The molecule has 1 aromatic rings. The number of carbonyl (C=O) groups excluding carboxylic acids is 1. The van der Waals surface area contributed by atoms with Gasteiger partial charge in [0.2, 0.25) is 0 Å². The Labute approximate surface area is 223 Å². The molecule has 0 amide bonds. The predicted octanol–water partition coefficient (Wildman–Crippen LogP) is 10.1. The average Bonchev–Trinajstić information content (AvgIpc) is 2.84. The Bertz CT molecular complexity index is 745. The molecule has 206 valence electrons. The Morgan fingerprint density at radius 1 is 0.861 bits per heavy atom. The van der Waals surface area contributed by atoms with Crippen molar-refractivity contribution >= 4 is 11.8 Å². The van der Waals surface area contributed by atoms with Crippen LogP contribution in [-0.2, 0) is 15.0 Å². The molecule has 36 heavy (non-hydrogen) atoms. The van der Waals surface area contributed by atoms with Crippen molar-refractivity contribution in [2.45, 2.75) is 131 Å². The van der Waals surface area contributed by atoms with Crippen LogP contribution in [0.3, 0.4) is 0 Å². The Hall–Kier alpha value is -2.16. The zero-order valence-electron chi connectivity index (χ0n) is 24.8. The molecule has 1 unspecified atom stereocenters. The van der Waals surface area contributed by atoms with Crippen molar-refractivity contribution in [3.63, 3.8) is 0 Å². The van der Waals surface area contributed by atoms with Gasteiger partial charge in [0.25, 0.3) is 0 Å². The molecule has 0 aliphatic carbocycles. The van der Waals surface area contributed by atoms with Gasteiger partial charge in [-0.15, -0.1) is 6.58 Å². The molecule has 0 aromatic heterocycles. The van der Waals surface area contributed by atoms with Crippen LogP contribution >= 0.6 is 0 Å². The van der Waals surface area contributed by atoms with E-state index in [-0.39, 0.29) is 17.3 Å². The van der Waals surface area contributed by atoms with E-state index in [1.54, 1.807) is 6.08 Å². The van der Waals surface area contributed by atoms with E-state index in [2.05, 4.69) is 40.3 Å². The first-order valence-electron chi connectivity index (χ1n) is 14.0. The fraction of sp³-hybridized carbons (Fsp3) is 0.636. The van der Waals surface area contributed by atoms with E-state index in [9.17, 15) is 14.7 Å². The van der Waals surface area contributed by atoms with Gasteiger partial charge < -0.3 is 5.11 Å². The van der Waals surface area contributed by atoms with Crippen LogP contribution in [0.4, 0.5) is 0 Å². The van der Waals surface area contributed by atoms with E-state index in [0.717, 1.165) is 44.1 Å². The molecule has 3 nitrogen and oxygen atoms in total. The van der Waals surface area contributed by atoms with Crippen LogP contribution in [0.15, 0.2) is 54.6 Å². The number of hydrogen-bond donors (Lipinski definition) is 1. The number of rotatable bonds is 16. The van der Waals surface area contributed by atoms with Gasteiger partial charge in [0.1, 0.15) is 5.78 Å². The van der Waals surface area contributed by atoms with Gasteiger partial charge in [0.15, 0.2) is 0 Å². The Morgan fingerprint density at radius 3 is 1.78 bits per heavy atom. The SMILES string of the molecule is C/C=C(\C)C(C)(C)CCCCCC(=O)CCCCCC(C)(CC(=O)O)c1ccccc1.C=CC.CC. The van der Waals surface area contributed by atoms with Crippen molar-refractivity contribution in [2.75, 3.05) is 0 Å². The molecule has 0 fully saturated rings. The molecule has 0 aliphatic rings. The molecule has 0 saturated heterocycles. The maximum atomic E-state index is 12.2. The van der Waals surface area contributed by atoms with Gasteiger partial charge in [0.05, 0.1) is 6.42 Å². The number of benzene rings is 1. The second kappa shape index (κ2) is 21.0. The topological polar surface area (TPSA) is 54.4 Å². The highest BCUT2D eigenvalue weighted by Crippen LogP contribution is 2.34. The molecule has 1 rings (SSSR count). The van der Waals surface area contributed by atoms with Gasteiger partial charge in [0, 0.05) is 18.3 Å². The van der Waals surface area contributed by atoms with Crippen LogP contribution in [0.1, 0.15) is 132 Å². The molecule has 0 bridgehead atoms. The van der Waals surface area contributed by atoms with Crippen LogP contribution < -0.4 is 0 Å². The number of carboxylic acids is 1. The maximum Gasteiger partial charge on any atom is 0.304 e. The van der Waals surface area contributed by atoms with Gasteiger partial charge in [-0.3, -0.25) is 9.59 Å². The van der Waals surface area contributed by atoms with Crippen LogP contribution in [0.25, 0.3) is 0 Å². The lowest BCUT2D eigenvalue weighted by Gasteiger charge is -2.28. The number of unbranched alkanes of at least 4 members (excludes halogenated alkanes) is 4. The molecule has 0 aliphatic heterocycles. The number of aliphatic carboxylic acids is 1. The maximum absolute atomic E-state index is 12.2. The lowest BCUT2D eigenvalue weighted by atomic mass is 9.75. The van der Waals surface area contributed by atoms with Crippen molar-refractivity contribution < 1.29 is 14.7 Å². The van der Waals surface area contributed by atoms with Crippen LogP contribution in [-0.4, -0.2) is 16.9 Å². The molecule has 1 atom stereocenters. The smallest absolute Gasteiger partial charge is 0.304 e. The van der Waals surface area contributed by atoms with E-state index in [0.29, 0.717) is 18.6 Å². The van der Waals surface area contributed by atoms with Gasteiger partial charge in [-0.1, -0.05) is 108 Å². The molecule has 1 N–H and O–H groups in total. The summed E-state index contributed by atoms with van der Waals surface area (Å²) in [6.07, 6.45) is 13.6. The first-order valence-corrected chi connectivity index (χ1v) is 14.0.